The molecule has 0 atom stereocenters. The first-order chi connectivity index (χ1) is 26.1. The van der Waals surface area contributed by atoms with E-state index in [1.54, 1.807) is 0 Å². The molecule has 0 fully saturated rings. The lowest BCUT2D eigenvalue weighted by Gasteiger charge is -2.27. The molecule has 0 bridgehead atoms. The van der Waals surface area contributed by atoms with Crippen LogP contribution in [-0.4, -0.2) is 0 Å². The van der Waals surface area contributed by atoms with E-state index < -0.39 is 0 Å². The molecule has 9 aromatic rings. The Bertz CT molecular complexity index is 2970. The van der Waals surface area contributed by atoms with E-state index in [1.807, 2.05) is 22.7 Å². The highest BCUT2D eigenvalue weighted by Gasteiger charge is 2.28. The molecule has 11 rings (SSSR count). The third-order valence-electron chi connectivity index (χ3n) is 11.4. The van der Waals surface area contributed by atoms with Crippen LogP contribution in [0.5, 0.6) is 0 Å². The maximum absolute atomic E-state index is 6.94. The fourth-order valence-electron chi connectivity index (χ4n) is 9.22. The highest BCUT2D eigenvalue weighted by molar-refractivity contribution is 7.15. The van der Waals surface area contributed by atoms with E-state index in [4.69, 9.17) is 4.42 Å². The van der Waals surface area contributed by atoms with Gasteiger partial charge in [0.15, 0.2) is 0 Å². The van der Waals surface area contributed by atoms with Crippen molar-refractivity contribution in [2.45, 2.75) is 39.5 Å². The molecule has 0 N–H and O–H groups in total. The zero-order valence-electron chi connectivity index (χ0n) is 29.8. The Kier molecular flexibility index (Phi) is 7.05. The van der Waals surface area contributed by atoms with Crippen molar-refractivity contribution in [1.82, 2.24) is 0 Å². The van der Waals surface area contributed by atoms with Crippen molar-refractivity contribution in [3.63, 3.8) is 0 Å². The van der Waals surface area contributed by atoms with E-state index in [2.05, 4.69) is 147 Å². The van der Waals surface area contributed by atoms with Crippen LogP contribution in [0.2, 0.25) is 0 Å². The molecule has 0 spiro atoms. The van der Waals surface area contributed by atoms with Crippen molar-refractivity contribution in [1.29, 1.82) is 0 Å². The Balaban J connectivity index is 1.16. The Labute approximate surface area is 317 Å². The highest BCUT2D eigenvalue weighted by atomic mass is 32.1. The molecule has 6 aromatic carbocycles. The molecule has 254 valence electrons. The van der Waals surface area contributed by atoms with Gasteiger partial charge in [-0.05, 0) is 136 Å². The first-order valence-electron chi connectivity index (χ1n) is 18.7. The second kappa shape index (κ2) is 12.0. The standard InChI is InChI=1S/C50H36OS2/c1-29-22-26-44(52-29)48-36-16-7-3-12-32(36)46(33-13-4-8-17-37(33)48)31-24-25-43-42(28-31)40-20-11-21-41(50(40)51-43)47-34-14-5-9-18-38(34)49(45-27-23-30(2)53-45)39-19-10-6-15-35(39)47/h3-5,7-8,10-14,16-17,19-28H,6,9,15,18H2,1-2H3. The van der Waals surface area contributed by atoms with Gasteiger partial charge < -0.3 is 4.42 Å². The summed E-state index contributed by atoms with van der Waals surface area (Å²) in [6.45, 7) is 4.41. The van der Waals surface area contributed by atoms with Gasteiger partial charge in [0.05, 0.1) is 0 Å². The number of para-hydroxylation sites is 1. The highest BCUT2D eigenvalue weighted by Crippen LogP contribution is 2.50. The summed E-state index contributed by atoms with van der Waals surface area (Å²) in [5, 5.41) is 7.47. The van der Waals surface area contributed by atoms with Crippen LogP contribution >= 0.6 is 22.7 Å². The van der Waals surface area contributed by atoms with Crippen molar-refractivity contribution in [2.24, 2.45) is 0 Å². The van der Waals surface area contributed by atoms with Crippen LogP contribution in [0.15, 0.2) is 126 Å². The lowest BCUT2D eigenvalue weighted by Crippen LogP contribution is -2.09. The van der Waals surface area contributed by atoms with Crippen molar-refractivity contribution >= 4 is 78.3 Å². The largest absolute Gasteiger partial charge is 0.455 e. The molecule has 3 heterocycles. The number of thiophene rings is 2. The second-order valence-electron chi connectivity index (χ2n) is 14.6. The third kappa shape index (κ3) is 4.74. The van der Waals surface area contributed by atoms with E-state index in [0.717, 1.165) is 42.2 Å². The molecule has 0 radical (unpaired) electrons. The molecule has 0 unspecified atom stereocenters. The smallest absolute Gasteiger partial charge is 0.143 e. The molecule has 3 heteroatoms. The van der Waals surface area contributed by atoms with Gasteiger partial charge in [-0.2, -0.15) is 0 Å². The summed E-state index contributed by atoms with van der Waals surface area (Å²) in [6, 6.07) is 40.6. The zero-order valence-corrected chi connectivity index (χ0v) is 31.4. The van der Waals surface area contributed by atoms with Gasteiger partial charge >= 0.3 is 0 Å². The van der Waals surface area contributed by atoms with Crippen LogP contribution in [0.1, 0.15) is 44.8 Å². The number of fused-ring (bicyclic) bond motifs is 7. The number of aryl methyl sites for hydroxylation is 2. The van der Waals surface area contributed by atoms with Crippen molar-refractivity contribution < 1.29 is 4.42 Å². The maximum atomic E-state index is 6.94. The molecule has 2 aliphatic rings. The summed E-state index contributed by atoms with van der Waals surface area (Å²) in [7, 11) is 0. The van der Waals surface area contributed by atoms with Gasteiger partial charge in [0.25, 0.3) is 0 Å². The molecule has 1 nitrogen and oxygen atoms in total. The summed E-state index contributed by atoms with van der Waals surface area (Å²) in [5.41, 5.74) is 15.4. The van der Waals surface area contributed by atoms with E-state index in [0.29, 0.717) is 0 Å². The summed E-state index contributed by atoms with van der Waals surface area (Å²) in [4.78, 5) is 5.39. The van der Waals surface area contributed by atoms with E-state index in [9.17, 15) is 0 Å². The Morgan fingerprint density at radius 2 is 1.06 bits per heavy atom. The number of furan rings is 1. The number of allylic oxidation sites excluding steroid dienone is 2. The van der Waals surface area contributed by atoms with Crippen LogP contribution in [0.4, 0.5) is 0 Å². The summed E-state index contributed by atoms with van der Waals surface area (Å²) in [5.74, 6) is 0. The molecule has 3 aromatic heterocycles. The summed E-state index contributed by atoms with van der Waals surface area (Å²) >= 11 is 3.79. The minimum absolute atomic E-state index is 0.930. The number of benzene rings is 6. The molecule has 2 aliphatic carbocycles. The van der Waals surface area contributed by atoms with E-state index >= 15 is 0 Å². The van der Waals surface area contributed by atoms with Gasteiger partial charge in [0, 0.05) is 47.0 Å². The maximum Gasteiger partial charge on any atom is 0.143 e. The van der Waals surface area contributed by atoms with Crippen LogP contribution in [0.3, 0.4) is 0 Å². The lowest BCUT2D eigenvalue weighted by molar-refractivity contribution is 0.670. The number of rotatable bonds is 4. The van der Waals surface area contributed by atoms with Gasteiger partial charge in [0.1, 0.15) is 11.2 Å². The van der Waals surface area contributed by atoms with Crippen molar-refractivity contribution in [3.05, 3.63) is 153 Å². The molecular formula is C50H36OS2. The third-order valence-corrected chi connectivity index (χ3v) is 13.5. The van der Waals surface area contributed by atoms with Gasteiger partial charge in [-0.1, -0.05) is 97.1 Å². The van der Waals surface area contributed by atoms with Crippen LogP contribution in [0, 0.1) is 13.8 Å². The Morgan fingerprint density at radius 1 is 0.491 bits per heavy atom. The quantitative estimate of drug-likeness (QED) is 0.165. The zero-order chi connectivity index (χ0) is 35.2. The fraction of sp³-hybridized carbons (Fsp3) is 0.120. The summed E-state index contributed by atoms with van der Waals surface area (Å²) < 4.78 is 6.94. The number of hydrogen-bond acceptors (Lipinski definition) is 3. The summed E-state index contributed by atoms with van der Waals surface area (Å²) in [6.07, 6.45) is 13.7. The van der Waals surface area contributed by atoms with Crippen molar-refractivity contribution in [3.8, 4) is 43.1 Å². The lowest BCUT2D eigenvalue weighted by atomic mass is 9.77. The predicted molar refractivity (Wildman–Crippen MR) is 230 cm³/mol. The van der Waals surface area contributed by atoms with Crippen molar-refractivity contribution in [2.75, 3.05) is 0 Å². The Hall–Kier alpha value is -5.48. The minimum atomic E-state index is 0.930. The molecule has 0 saturated heterocycles. The fourth-order valence-corrected chi connectivity index (χ4v) is 11.1. The average molecular weight is 717 g/mol. The van der Waals surface area contributed by atoms with Gasteiger partial charge in [-0.15, -0.1) is 22.7 Å². The van der Waals surface area contributed by atoms with E-state index in [1.165, 1.54) is 102 Å². The molecule has 53 heavy (non-hydrogen) atoms. The van der Waals surface area contributed by atoms with E-state index in [-0.39, 0.29) is 0 Å². The topological polar surface area (TPSA) is 13.1 Å². The van der Waals surface area contributed by atoms with Gasteiger partial charge in [0.2, 0.25) is 0 Å². The molecule has 0 aliphatic heterocycles. The molecule has 0 saturated carbocycles. The SMILES string of the molecule is Cc1ccc(-c2c3c(c(-c4cccc5c4oc4ccc(-c6c7ccccc7c(-c7ccc(C)s7)c7ccccc67)cc45)c4c2CCC=C4)CCC=C3)s1. The van der Waals surface area contributed by atoms with Gasteiger partial charge in [-0.3, -0.25) is 0 Å². The van der Waals surface area contributed by atoms with Crippen LogP contribution < -0.4 is 0 Å². The predicted octanol–water partition coefficient (Wildman–Crippen LogP) is 15.2. The van der Waals surface area contributed by atoms with Crippen LogP contribution in [0.25, 0.3) is 98.8 Å². The average Bonchev–Trinajstić information content (AvgIpc) is 3.93. The first kappa shape index (κ1) is 31.1. The normalized spacial score (nSPS) is 13.8. The minimum Gasteiger partial charge on any atom is -0.455 e. The molecular weight excluding hydrogens is 681 g/mol. The number of hydrogen-bond donors (Lipinski definition) is 0. The Morgan fingerprint density at radius 3 is 1.68 bits per heavy atom. The second-order valence-corrected chi connectivity index (χ2v) is 17.1. The van der Waals surface area contributed by atoms with Gasteiger partial charge in [-0.25, -0.2) is 0 Å². The first-order valence-corrected chi connectivity index (χ1v) is 20.3. The molecule has 0 amide bonds. The monoisotopic (exact) mass is 716 g/mol. The van der Waals surface area contributed by atoms with Crippen LogP contribution in [-0.2, 0) is 12.8 Å².